The molecule has 0 aliphatic rings. The van der Waals surface area contributed by atoms with E-state index in [4.69, 9.17) is 9.84 Å². The molecule has 31 heavy (non-hydrogen) atoms. The van der Waals surface area contributed by atoms with Gasteiger partial charge in [0.25, 0.3) is 5.91 Å². The van der Waals surface area contributed by atoms with Crippen molar-refractivity contribution in [3.63, 3.8) is 0 Å². The third-order valence-electron chi connectivity index (χ3n) is 4.55. The van der Waals surface area contributed by atoms with E-state index < -0.39 is 24.2 Å². The summed E-state index contributed by atoms with van der Waals surface area (Å²) < 4.78 is 20.0. The summed E-state index contributed by atoms with van der Waals surface area (Å²) in [6.45, 7) is -0.187. The Balaban J connectivity index is 1.57. The summed E-state index contributed by atoms with van der Waals surface area (Å²) in [6.07, 6.45) is 0. The molecule has 0 spiro atoms. The number of benzene rings is 3. The Morgan fingerprint density at radius 3 is 2.61 bits per heavy atom. The van der Waals surface area contributed by atoms with Gasteiger partial charge in [-0.3, -0.25) is 9.59 Å². The smallest absolute Gasteiger partial charge is 0.322 e. The number of hydrogen-bond donors (Lipinski definition) is 3. The molecule has 4 aromatic rings. The SMILES string of the molecule is O=C(O)CNC(=O)c1nc2cc(-c3cc(F)cc(OCc4ccccc4)c3)ccc2[nH]1. The monoisotopic (exact) mass is 419 g/mol. The summed E-state index contributed by atoms with van der Waals surface area (Å²) in [5.74, 6) is -1.81. The van der Waals surface area contributed by atoms with Crippen molar-refractivity contribution in [3.8, 4) is 16.9 Å². The summed E-state index contributed by atoms with van der Waals surface area (Å²) in [5, 5.41) is 10.9. The number of ether oxygens (including phenoxy) is 1. The number of aliphatic carboxylic acids is 1. The maximum Gasteiger partial charge on any atom is 0.322 e. The second kappa shape index (κ2) is 8.66. The van der Waals surface area contributed by atoms with Gasteiger partial charge in [-0.05, 0) is 41.0 Å². The van der Waals surface area contributed by atoms with Gasteiger partial charge < -0.3 is 20.1 Å². The van der Waals surface area contributed by atoms with E-state index in [-0.39, 0.29) is 5.82 Å². The van der Waals surface area contributed by atoms with Gasteiger partial charge in [-0.2, -0.15) is 0 Å². The van der Waals surface area contributed by atoms with E-state index in [9.17, 15) is 14.0 Å². The Morgan fingerprint density at radius 2 is 1.84 bits per heavy atom. The van der Waals surface area contributed by atoms with Crippen LogP contribution in [0.4, 0.5) is 4.39 Å². The van der Waals surface area contributed by atoms with E-state index in [0.717, 1.165) is 5.56 Å². The first kappa shape index (κ1) is 20.1. The number of hydrogen-bond acceptors (Lipinski definition) is 4. The average molecular weight is 419 g/mol. The normalized spacial score (nSPS) is 10.7. The third kappa shape index (κ3) is 4.87. The summed E-state index contributed by atoms with van der Waals surface area (Å²) in [5.41, 5.74) is 3.36. The molecule has 0 radical (unpaired) electrons. The minimum absolute atomic E-state index is 0.000439. The van der Waals surface area contributed by atoms with Crippen molar-refractivity contribution < 1.29 is 23.8 Å². The van der Waals surface area contributed by atoms with Gasteiger partial charge in [0.15, 0.2) is 5.82 Å². The molecule has 0 saturated carbocycles. The number of nitrogens with one attached hydrogen (secondary N) is 2. The maximum atomic E-state index is 14.2. The minimum atomic E-state index is -1.15. The number of rotatable bonds is 7. The molecule has 3 N–H and O–H groups in total. The number of nitrogens with zero attached hydrogens (tertiary/aromatic N) is 1. The summed E-state index contributed by atoms with van der Waals surface area (Å²) in [4.78, 5) is 29.7. The van der Waals surface area contributed by atoms with Crippen LogP contribution in [0.15, 0.2) is 66.7 Å². The number of carbonyl (C=O) groups is 2. The van der Waals surface area contributed by atoms with Crippen molar-refractivity contribution in [2.24, 2.45) is 0 Å². The zero-order valence-electron chi connectivity index (χ0n) is 16.3. The molecule has 0 aliphatic carbocycles. The van der Waals surface area contributed by atoms with Gasteiger partial charge >= 0.3 is 5.97 Å². The number of carboxylic acids is 1. The molecule has 1 aromatic heterocycles. The first-order valence-electron chi connectivity index (χ1n) is 9.45. The number of H-pyrrole nitrogens is 1. The molecule has 3 aromatic carbocycles. The van der Waals surface area contributed by atoms with E-state index in [1.807, 2.05) is 30.3 Å². The Labute approximate surface area is 176 Å². The number of amides is 1. The van der Waals surface area contributed by atoms with E-state index in [0.29, 0.717) is 34.5 Å². The van der Waals surface area contributed by atoms with Crippen molar-refractivity contribution in [1.29, 1.82) is 0 Å². The number of aromatic nitrogens is 2. The Hall–Kier alpha value is -4.20. The van der Waals surface area contributed by atoms with Crippen LogP contribution in [0.25, 0.3) is 22.2 Å². The van der Waals surface area contributed by atoms with Gasteiger partial charge in [-0.1, -0.05) is 36.4 Å². The number of carbonyl (C=O) groups excluding carboxylic acids is 1. The first-order chi connectivity index (χ1) is 15.0. The molecule has 1 heterocycles. The lowest BCUT2D eigenvalue weighted by atomic mass is 10.0. The zero-order chi connectivity index (χ0) is 21.8. The van der Waals surface area contributed by atoms with Crippen LogP contribution < -0.4 is 10.1 Å². The summed E-state index contributed by atoms with van der Waals surface area (Å²) in [7, 11) is 0. The Kier molecular flexibility index (Phi) is 5.61. The molecule has 0 aliphatic heterocycles. The molecule has 4 rings (SSSR count). The highest BCUT2D eigenvalue weighted by molar-refractivity contribution is 5.96. The van der Waals surface area contributed by atoms with E-state index in [1.165, 1.54) is 12.1 Å². The standard InChI is InChI=1S/C23H18FN3O4/c24-17-8-16(9-18(11-17)31-13-14-4-2-1-3-5-14)15-6-7-19-20(10-15)27-22(26-19)23(30)25-12-21(28)29/h1-11H,12-13H2,(H,25,30)(H,26,27)(H,28,29). The summed E-state index contributed by atoms with van der Waals surface area (Å²) in [6, 6.07) is 19.2. The van der Waals surface area contributed by atoms with E-state index >= 15 is 0 Å². The molecule has 7 nitrogen and oxygen atoms in total. The lowest BCUT2D eigenvalue weighted by molar-refractivity contribution is -0.135. The second-order valence-corrected chi connectivity index (χ2v) is 6.84. The molecule has 0 bridgehead atoms. The van der Waals surface area contributed by atoms with E-state index in [2.05, 4.69) is 15.3 Å². The van der Waals surface area contributed by atoms with Crippen LogP contribution in [0, 0.1) is 5.82 Å². The van der Waals surface area contributed by atoms with Crippen LogP contribution >= 0.6 is 0 Å². The largest absolute Gasteiger partial charge is 0.489 e. The van der Waals surface area contributed by atoms with Gasteiger partial charge in [0.05, 0.1) is 11.0 Å². The fraction of sp³-hybridized carbons (Fsp3) is 0.0870. The van der Waals surface area contributed by atoms with Crippen molar-refractivity contribution in [3.05, 3.63) is 83.9 Å². The molecule has 0 atom stereocenters. The van der Waals surface area contributed by atoms with Crippen LogP contribution in [0.2, 0.25) is 0 Å². The van der Waals surface area contributed by atoms with Crippen molar-refractivity contribution >= 4 is 22.9 Å². The van der Waals surface area contributed by atoms with Crippen molar-refractivity contribution in [1.82, 2.24) is 15.3 Å². The Morgan fingerprint density at radius 1 is 1.03 bits per heavy atom. The second-order valence-electron chi connectivity index (χ2n) is 6.84. The maximum absolute atomic E-state index is 14.2. The molecule has 0 fully saturated rings. The van der Waals surface area contributed by atoms with Gasteiger partial charge in [-0.15, -0.1) is 0 Å². The topological polar surface area (TPSA) is 104 Å². The van der Waals surface area contributed by atoms with Crippen LogP contribution in [0.5, 0.6) is 5.75 Å². The molecule has 1 amide bonds. The number of halogens is 1. The highest BCUT2D eigenvalue weighted by Crippen LogP contribution is 2.28. The first-order valence-corrected chi connectivity index (χ1v) is 9.45. The van der Waals surface area contributed by atoms with E-state index in [1.54, 1.807) is 24.3 Å². The average Bonchev–Trinajstić information content (AvgIpc) is 3.20. The quantitative estimate of drug-likeness (QED) is 0.423. The Bertz CT molecular complexity index is 1250. The third-order valence-corrected chi connectivity index (χ3v) is 4.55. The number of carboxylic acid groups (broad SMARTS) is 1. The minimum Gasteiger partial charge on any atom is -0.489 e. The highest BCUT2D eigenvalue weighted by Gasteiger charge is 2.13. The number of aromatic amines is 1. The molecular formula is C23H18FN3O4. The molecule has 156 valence electrons. The van der Waals surface area contributed by atoms with Crippen LogP contribution in [0.3, 0.4) is 0 Å². The number of imidazole rings is 1. The van der Waals surface area contributed by atoms with Crippen LogP contribution in [-0.4, -0.2) is 33.5 Å². The van der Waals surface area contributed by atoms with Gasteiger partial charge in [0.2, 0.25) is 0 Å². The zero-order valence-corrected chi connectivity index (χ0v) is 16.3. The van der Waals surface area contributed by atoms with Crippen LogP contribution in [-0.2, 0) is 11.4 Å². The van der Waals surface area contributed by atoms with Crippen molar-refractivity contribution in [2.45, 2.75) is 6.61 Å². The van der Waals surface area contributed by atoms with Crippen LogP contribution in [0.1, 0.15) is 16.2 Å². The fourth-order valence-electron chi connectivity index (χ4n) is 3.09. The number of fused-ring (bicyclic) bond motifs is 1. The van der Waals surface area contributed by atoms with Gasteiger partial charge in [0, 0.05) is 6.07 Å². The van der Waals surface area contributed by atoms with Gasteiger partial charge in [-0.25, -0.2) is 9.37 Å². The summed E-state index contributed by atoms with van der Waals surface area (Å²) >= 11 is 0. The van der Waals surface area contributed by atoms with Crippen molar-refractivity contribution in [2.75, 3.05) is 6.54 Å². The fourth-order valence-corrected chi connectivity index (χ4v) is 3.09. The predicted octanol–water partition coefficient (Wildman–Crippen LogP) is 3.76. The lowest BCUT2D eigenvalue weighted by Crippen LogP contribution is -2.29. The van der Waals surface area contributed by atoms with Gasteiger partial charge in [0.1, 0.15) is 24.7 Å². The lowest BCUT2D eigenvalue weighted by Gasteiger charge is -2.09. The molecular weight excluding hydrogens is 401 g/mol. The highest BCUT2D eigenvalue weighted by atomic mass is 19.1. The molecule has 0 saturated heterocycles. The predicted molar refractivity (Wildman–Crippen MR) is 112 cm³/mol. The molecule has 8 heteroatoms. The molecule has 0 unspecified atom stereocenters.